The lowest BCUT2D eigenvalue weighted by Gasteiger charge is -2.25. The molecule has 27 heavy (non-hydrogen) atoms. The molecule has 0 bridgehead atoms. The molecule has 1 heterocycles. The number of carbonyl (C=O) groups excluding carboxylic acids is 1. The van der Waals surface area contributed by atoms with Crippen LogP contribution in [-0.2, 0) is 11.2 Å². The molecule has 1 fully saturated rings. The number of benzene rings is 2. The first-order chi connectivity index (χ1) is 13.1. The first kappa shape index (κ1) is 19.1. The molecule has 2 aromatic carbocycles. The SMILES string of the molecule is CCOc1ccc(C2CCCN2C(=O)Cc2ccc(OC(F)F)cc2)cc1. The molecule has 0 N–H and O–H groups in total. The van der Waals surface area contributed by atoms with Gasteiger partial charge in [-0.05, 0) is 55.2 Å². The number of nitrogens with zero attached hydrogens (tertiary/aromatic N) is 1. The van der Waals surface area contributed by atoms with Crippen LogP contribution in [0.4, 0.5) is 8.78 Å². The van der Waals surface area contributed by atoms with Gasteiger partial charge in [0, 0.05) is 6.54 Å². The van der Waals surface area contributed by atoms with Gasteiger partial charge >= 0.3 is 6.61 Å². The lowest BCUT2D eigenvalue weighted by molar-refractivity contribution is -0.131. The minimum Gasteiger partial charge on any atom is -0.494 e. The summed E-state index contributed by atoms with van der Waals surface area (Å²) >= 11 is 0. The Balaban J connectivity index is 1.64. The van der Waals surface area contributed by atoms with Crippen molar-refractivity contribution in [1.82, 2.24) is 4.90 Å². The molecule has 4 nitrogen and oxygen atoms in total. The average molecular weight is 375 g/mol. The Morgan fingerprint density at radius 2 is 1.78 bits per heavy atom. The smallest absolute Gasteiger partial charge is 0.387 e. The molecular formula is C21H23F2NO3. The van der Waals surface area contributed by atoms with Crippen molar-refractivity contribution in [3.05, 3.63) is 59.7 Å². The zero-order valence-electron chi connectivity index (χ0n) is 15.2. The molecule has 0 radical (unpaired) electrons. The van der Waals surface area contributed by atoms with Gasteiger partial charge < -0.3 is 14.4 Å². The van der Waals surface area contributed by atoms with Crippen molar-refractivity contribution in [3.8, 4) is 11.5 Å². The number of alkyl halides is 2. The van der Waals surface area contributed by atoms with Crippen LogP contribution in [0.25, 0.3) is 0 Å². The van der Waals surface area contributed by atoms with Crippen molar-refractivity contribution in [2.45, 2.75) is 38.8 Å². The normalized spacial score (nSPS) is 16.6. The summed E-state index contributed by atoms with van der Waals surface area (Å²) in [6, 6.07) is 14.2. The number of ether oxygens (including phenoxy) is 2. The van der Waals surface area contributed by atoms with E-state index in [1.54, 1.807) is 12.1 Å². The van der Waals surface area contributed by atoms with E-state index in [1.165, 1.54) is 12.1 Å². The lowest BCUT2D eigenvalue weighted by Crippen LogP contribution is -2.31. The number of amides is 1. The number of hydrogen-bond acceptors (Lipinski definition) is 3. The molecule has 3 rings (SSSR count). The van der Waals surface area contributed by atoms with Crippen LogP contribution in [-0.4, -0.2) is 30.6 Å². The van der Waals surface area contributed by atoms with E-state index < -0.39 is 6.61 Å². The third kappa shape index (κ3) is 4.96. The fourth-order valence-corrected chi connectivity index (χ4v) is 3.43. The summed E-state index contributed by atoms with van der Waals surface area (Å²) in [5.74, 6) is 0.951. The van der Waals surface area contributed by atoms with E-state index in [4.69, 9.17) is 4.74 Å². The van der Waals surface area contributed by atoms with Crippen LogP contribution >= 0.6 is 0 Å². The molecule has 6 heteroatoms. The largest absolute Gasteiger partial charge is 0.494 e. The summed E-state index contributed by atoms with van der Waals surface area (Å²) in [5, 5.41) is 0. The van der Waals surface area contributed by atoms with E-state index >= 15 is 0 Å². The summed E-state index contributed by atoms with van der Waals surface area (Å²) in [6.07, 6.45) is 2.13. The van der Waals surface area contributed by atoms with E-state index in [2.05, 4.69) is 4.74 Å². The quantitative estimate of drug-likeness (QED) is 0.710. The van der Waals surface area contributed by atoms with Crippen molar-refractivity contribution in [2.24, 2.45) is 0 Å². The van der Waals surface area contributed by atoms with Crippen molar-refractivity contribution >= 4 is 5.91 Å². The van der Waals surface area contributed by atoms with Crippen molar-refractivity contribution in [1.29, 1.82) is 0 Å². The van der Waals surface area contributed by atoms with E-state index in [1.807, 2.05) is 36.1 Å². The Labute approximate surface area is 157 Å². The molecular weight excluding hydrogens is 352 g/mol. The summed E-state index contributed by atoms with van der Waals surface area (Å²) < 4.78 is 34.2. The van der Waals surface area contributed by atoms with Gasteiger partial charge in [-0.1, -0.05) is 24.3 Å². The fourth-order valence-electron chi connectivity index (χ4n) is 3.43. The number of halogens is 2. The van der Waals surface area contributed by atoms with Gasteiger partial charge in [0.2, 0.25) is 5.91 Å². The Kier molecular flexibility index (Phi) is 6.27. The molecule has 1 aliphatic heterocycles. The molecule has 1 amide bonds. The third-order valence-electron chi connectivity index (χ3n) is 4.65. The maximum atomic E-state index is 12.8. The van der Waals surface area contributed by atoms with Gasteiger partial charge in [0.1, 0.15) is 11.5 Å². The number of likely N-dealkylation sites (tertiary alicyclic amines) is 1. The van der Waals surface area contributed by atoms with E-state index in [9.17, 15) is 13.6 Å². The second-order valence-corrected chi connectivity index (χ2v) is 6.45. The third-order valence-corrected chi connectivity index (χ3v) is 4.65. The fraction of sp³-hybridized carbons (Fsp3) is 0.381. The Hall–Kier alpha value is -2.63. The highest BCUT2D eigenvalue weighted by Gasteiger charge is 2.29. The van der Waals surface area contributed by atoms with E-state index in [-0.39, 0.29) is 24.1 Å². The first-order valence-electron chi connectivity index (χ1n) is 9.13. The maximum Gasteiger partial charge on any atom is 0.387 e. The van der Waals surface area contributed by atoms with Crippen LogP contribution in [0, 0.1) is 0 Å². The maximum absolute atomic E-state index is 12.8. The van der Waals surface area contributed by atoms with Gasteiger partial charge in [0.25, 0.3) is 0 Å². The molecule has 0 spiro atoms. The monoisotopic (exact) mass is 375 g/mol. The van der Waals surface area contributed by atoms with Gasteiger partial charge in [-0.15, -0.1) is 0 Å². The summed E-state index contributed by atoms with van der Waals surface area (Å²) in [7, 11) is 0. The van der Waals surface area contributed by atoms with E-state index in [0.29, 0.717) is 6.61 Å². The topological polar surface area (TPSA) is 38.8 Å². The number of hydrogen-bond donors (Lipinski definition) is 0. The van der Waals surface area contributed by atoms with Crippen molar-refractivity contribution in [2.75, 3.05) is 13.2 Å². The highest BCUT2D eigenvalue weighted by Crippen LogP contribution is 2.33. The highest BCUT2D eigenvalue weighted by atomic mass is 19.3. The molecule has 1 atom stereocenters. The van der Waals surface area contributed by atoms with Crippen LogP contribution < -0.4 is 9.47 Å². The van der Waals surface area contributed by atoms with Crippen LogP contribution in [0.3, 0.4) is 0 Å². The van der Waals surface area contributed by atoms with Gasteiger partial charge in [0.15, 0.2) is 0 Å². The minimum absolute atomic E-state index is 0.0360. The molecule has 2 aromatic rings. The average Bonchev–Trinajstić information content (AvgIpc) is 3.14. The molecule has 144 valence electrons. The van der Waals surface area contributed by atoms with Gasteiger partial charge in [-0.25, -0.2) is 0 Å². The van der Waals surface area contributed by atoms with Gasteiger partial charge in [0.05, 0.1) is 19.1 Å². The molecule has 1 saturated heterocycles. The van der Waals surface area contributed by atoms with Crippen molar-refractivity contribution in [3.63, 3.8) is 0 Å². The molecule has 0 saturated carbocycles. The van der Waals surface area contributed by atoms with Crippen LogP contribution in [0.5, 0.6) is 11.5 Å². The number of rotatable bonds is 7. The first-order valence-corrected chi connectivity index (χ1v) is 9.13. The molecule has 0 aromatic heterocycles. The predicted octanol–water partition coefficient (Wildman–Crippen LogP) is 4.59. The summed E-state index contributed by atoms with van der Waals surface area (Å²) in [4.78, 5) is 14.7. The van der Waals surface area contributed by atoms with E-state index in [0.717, 1.165) is 36.3 Å². The molecule has 0 aliphatic carbocycles. The standard InChI is InChI=1S/C21H23F2NO3/c1-2-26-17-11-7-16(8-12-17)19-4-3-13-24(19)20(25)14-15-5-9-18(10-6-15)27-21(22)23/h5-12,19,21H,2-4,13-14H2,1H3. The zero-order valence-corrected chi connectivity index (χ0v) is 15.2. The summed E-state index contributed by atoms with van der Waals surface area (Å²) in [6.45, 7) is 0.437. The lowest BCUT2D eigenvalue weighted by atomic mass is 10.0. The highest BCUT2D eigenvalue weighted by molar-refractivity contribution is 5.79. The molecule has 1 unspecified atom stereocenters. The van der Waals surface area contributed by atoms with Crippen LogP contribution in [0.2, 0.25) is 0 Å². The van der Waals surface area contributed by atoms with Gasteiger partial charge in [-0.3, -0.25) is 4.79 Å². The Morgan fingerprint density at radius 3 is 2.41 bits per heavy atom. The van der Waals surface area contributed by atoms with Crippen LogP contribution in [0.15, 0.2) is 48.5 Å². The summed E-state index contributed by atoms with van der Waals surface area (Å²) in [5.41, 5.74) is 1.88. The second-order valence-electron chi connectivity index (χ2n) is 6.45. The zero-order chi connectivity index (χ0) is 19.2. The Bertz CT molecular complexity index is 747. The van der Waals surface area contributed by atoms with Gasteiger partial charge in [-0.2, -0.15) is 8.78 Å². The van der Waals surface area contributed by atoms with Crippen molar-refractivity contribution < 1.29 is 23.0 Å². The Morgan fingerprint density at radius 1 is 1.11 bits per heavy atom. The minimum atomic E-state index is -2.85. The second kappa shape index (κ2) is 8.84. The number of carbonyl (C=O) groups is 1. The van der Waals surface area contributed by atoms with Crippen LogP contribution in [0.1, 0.15) is 36.9 Å². The molecule has 1 aliphatic rings. The predicted molar refractivity (Wildman–Crippen MR) is 98.1 cm³/mol.